The molecule has 1 aliphatic rings. The quantitative estimate of drug-likeness (QED) is 0.127. The van der Waals surface area contributed by atoms with Gasteiger partial charge in [-0.15, -0.1) is 0 Å². The SMILES string of the molecule is Cc1cc(CN2CCN(Cc3ccccc3)CCN(Cc3cc(C)cc(C(O)(CO)C(N)=O)c3O)CC2)c(O)c(C(O)(CO)C(N)=O)c1. The molecule has 1 heterocycles. The van der Waals surface area contributed by atoms with E-state index in [1.165, 1.54) is 12.1 Å². The number of aromatic hydroxyl groups is 2. The van der Waals surface area contributed by atoms with Gasteiger partial charge in [-0.05, 0) is 31.5 Å². The monoisotopic (exact) mass is 665 g/mol. The molecule has 0 radical (unpaired) electrons. The highest BCUT2D eigenvalue weighted by molar-refractivity contribution is 5.86. The Labute approximate surface area is 280 Å². The molecule has 0 aromatic heterocycles. The number of primary amides is 2. The molecule has 2 atom stereocenters. The van der Waals surface area contributed by atoms with Crippen molar-refractivity contribution in [1.82, 2.24) is 14.7 Å². The van der Waals surface area contributed by atoms with Crippen molar-refractivity contribution in [3.8, 4) is 11.5 Å². The molecule has 4 rings (SSSR count). The molecule has 260 valence electrons. The summed E-state index contributed by atoms with van der Waals surface area (Å²) in [7, 11) is 0. The Hall–Kier alpha value is -4.08. The number of carbonyl (C=O) groups excluding carboxylic acids is 2. The van der Waals surface area contributed by atoms with Crippen LogP contribution in [0, 0.1) is 13.8 Å². The summed E-state index contributed by atoms with van der Waals surface area (Å²) in [5.41, 5.74) is 8.96. The van der Waals surface area contributed by atoms with E-state index < -0.39 is 36.2 Å². The van der Waals surface area contributed by atoms with Crippen molar-refractivity contribution in [2.24, 2.45) is 11.5 Å². The lowest BCUT2D eigenvalue weighted by Crippen LogP contribution is -2.44. The van der Waals surface area contributed by atoms with E-state index in [2.05, 4.69) is 26.8 Å². The summed E-state index contributed by atoms with van der Waals surface area (Å²) in [6.45, 7) is 6.40. The Balaban J connectivity index is 1.66. The van der Waals surface area contributed by atoms with Gasteiger partial charge >= 0.3 is 0 Å². The molecule has 3 aromatic rings. The Kier molecular flexibility index (Phi) is 11.8. The summed E-state index contributed by atoms with van der Waals surface area (Å²) in [5, 5.41) is 63.8. The number of phenolic OH excluding ortho intramolecular Hbond substituents is 2. The molecular formula is C35H47N5O8. The summed E-state index contributed by atoms with van der Waals surface area (Å²) in [5.74, 6) is -3.00. The van der Waals surface area contributed by atoms with Crippen LogP contribution in [0.4, 0.5) is 0 Å². The molecule has 13 heteroatoms. The maximum absolute atomic E-state index is 12.1. The van der Waals surface area contributed by atoms with Crippen molar-refractivity contribution in [1.29, 1.82) is 0 Å². The first-order valence-electron chi connectivity index (χ1n) is 15.8. The minimum atomic E-state index is -2.45. The summed E-state index contributed by atoms with van der Waals surface area (Å²) in [6.07, 6.45) is 0. The first-order chi connectivity index (χ1) is 22.7. The fourth-order valence-corrected chi connectivity index (χ4v) is 6.15. The van der Waals surface area contributed by atoms with Gasteiger partial charge in [0.25, 0.3) is 11.8 Å². The number of aliphatic hydroxyl groups excluding tert-OH is 2. The van der Waals surface area contributed by atoms with Gasteiger partial charge in [0.15, 0.2) is 11.2 Å². The second-order valence-corrected chi connectivity index (χ2v) is 12.7. The van der Waals surface area contributed by atoms with Gasteiger partial charge in [0.2, 0.25) is 0 Å². The Bertz CT molecular complexity index is 1510. The Morgan fingerprint density at radius 2 is 1.00 bits per heavy atom. The molecule has 1 saturated heterocycles. The second kappa shape index (κ2) is 15.4. The highest BCUT2D eigenvalue weighted by atomic mass is 16.4. The number of nitrogens with two attached hydrogens (primary N) is 2. The first kappa shape index (κ1) is 36.8. The van der Waals surface area contributed by atoms with E-state index in [0.29, 0.717) is 68.1 Å². The normalized spacial score (nSPS) is 17.9. The Morgan fingerprint density at radius 3 is 1.33 bits per heavy atom. The van der Waals surface area contributed by atoms with Gasteiger partial charge in [-0.1, -0.05) is 53.6 Å². The number of hydrogen-bond acceptors (Lipinski definition) is 11. The molecule has 13 nitrogen and oxygen atoms in total. The molecule has 2 unspecified atom stereocenters. The van der Waals surface area contributed by atoms with E-state index in [4.69, 9.17) is 11.5 Å². The standard InChI is InChI=1S/C35H47N5O8/c1-23-14-26(30(43)28(16-23)34(47,21-41)32(36)45)19-39-10-8-38(18-25-6-4-3-5-7-25)9-11-40(13-12-39)20-27-15-24(2)17-29(31(27)44)35(48,22-42)33(37)46/h3-7,14-17,41-44,47-48H,8-13,18-22H2,1-2H3,(H2,36,45)(H2,37,46). The minimum absolute atomic E-state index is 0.159. The summed E-state index contributed by atoms with van der Waals surface area (Å²) < 4.78 is 0. The van der Waals surface area contributed by atoms with E-state index in [0.717, 1.165) is 5.56 Å². The number of benzene rings is 3. The van der Waals surface area contributed by atoms with Crippen molar-refractivity contribution >= 4 is 11.8 Å². The topological polar surface area (TPSA) is 217 Å². The maximum atomic E-state index is 12.1. The molecule has 10 N–H and O–H groups in total. The van der Waals surface area contributed by atoms with Gasteiger partial charge in [-0.25, -0.2) is 0 Å². The molecule has 48 heavy (non-hydrogen) atoms. The molecule has 1 fully saturated rings. The number of hydrogen-bond donors (Lipinski definition) is 8. The van der Waals surface area contributed by atoms with Gasteiger partial charge in [-0.3, -0.25) is 24.3 Å². The largest absolute Gasteiger partial charge is 0.507 e. The summed E-state index contributed by atoms with van der Waals surface area (Å²) in [4.78, 5) is 30.8. The van der Waals surface area contributed by atoms with Crippen molar-refractivity contribution in [2.45, 2.75) is 44.7 Å². The fraction of sp³-hybridized carbons (Fsp3) is 0.429. The van der Waals surface area contributed by atoms with Crippen molar-refractivity contribution in [3.05, 3.63) is 93.5 Å². The number of carbonyl (C=O) groups is 2. The van der Waals surface area contributed by atoms with Crippen LogP contribution in [0.25, 0.3) is 0 Å². The van der Waals surface area contributed by atoms with Crippen molar-refractivity contribution in [2.75, 3.05) is 52.5 Å². The molecule has 2 amide bonds. The highest BCUT2D eigenvalue weighted by Crippen LogP contribution is 2.36. The molecular weight excluding hydrogens is 618 g/mol. The second-order valence-electron chi connectivity index (χ2n) is 12.7. The predicted octanol–water partition coefficient (Wildman–Crippen LogP) is -0.135. The van der Waals surface area contributed by atoms with Gasteiger partial charge in [-0.2, -0.15) is 0 Å². The number of phenols is 2. The molecule has 0 saturated carbocycles. The zero-order valence-electron chi connectivity index (χ0n) is 27.5. The fourth-order valence-electron chi connectivity index (χ4n) is 6.15. The number of aliphatic hydroxyl groups is 4. The van der Waals surface area contributed by atoms with Crippen LogP contribution in [0.3, 0.4) is 0 Å². The van der Waals surface area contributed by atoms with Crippen LogP contribution < -0.4 is 11.5 Å². The third kappa shape index (κ3) is 8.13. The van der Waals surface area contributed by atoms with E-state index in [9.17, 15) is 40.2 Å². The van der Waals surface area contributed by atoms with Crippen LogP contribution in [-0.4, -0.2) is 110 Å². The smallest absolute Gasteiger partial charge is 0.256 e. The van der Waals surface area contributed by atoms with Gasteiger partial charge in [0.1, 0.15) is 11.5 Å². The van der Waals surface area contributed by atoms with Crippen LogP contribution in [-0.2, 0) is 40.4 Å². The van der Waals surface area contributed by atoms with E-state index in [1.807, 2.05) is 18.2 Å². The highest BCUT2D eigenvalue weighted by Gasteiger charge is 2.40. The summed E-state index contributed by atoms with van der Waals surface area (Å²) in [6, 6.07) is 16.4. The van der Waals surface area contributed by atoms with Crippen LogP contribution in [0.1, 0.15) is 38.9 Å². The Morgan fingerprint density at radius 1 is 0.646 bits per heavy atom. The predicted molar refractivity (Wildman–Crippen MR) is 178 cm³/mol. The molecule has 0 spiro atoms. The van der Waals surface area contributed by atoms with E-state index in [1.54, 1.807) is 26.0 Å². The van der Waals surface area contributed by atoms with Crippen LogP contribution in [0.2, 0.25) is 0 Å². The van der Waals surface area contributed by atoms with E-state index in [-0.39, 0.29) is 35.7 Å². The lowest BCUT2D eigenvalue weighted by Gasteiger charge is -2.29. The van der Waals surface area contributed by atoms with Gasteiger partial charge < -0.3 is 42.1 Å². The van der Waals surface area contributed by atoms with Crippen LogP contribution >= 0.6 is 0 Å². The molecule has 3 aromatic carbocycles. The third-order valence-electron chi connectivity index (χ3n) is 9.06. The van der Waals surface area contributed by atoms with Gasteiger partial charge in [0, 0.05) is 81.2 Å². The first-order valence-corrected chi connectivity index (χ1v) is 15.8. The summed E-state index contributed by atoms with van der Waals surface area (Å²) >= 11 is 0. The zero-order chi connectivity index (χ0) is 35.2. The van der Waals surface area contributed by atoms with Crippen LogP contribution in [0.15, 0.2) is 54.6 Å². The number of amides is 2. The molecule has 1 aliphatic heterocycles. The van der Waals surface area contributed by atoms with Crippen molar-refractivity contribution < 1.29 is 40.2 Å². The lowest BCUT2D eigenvalue weighted by molar-refractivity contribution is -0.142. The molecule has 0 aliphatic carbocycles. The number of nitrogens with zero attached hydrogens (tertiary/aromatic N) is 3. The average Bonchev–Trinajstić information content (AvgIpc) is 3.14. The van der Waals surface area contributed by atoms with Crippen molar-refractivity contribution in [3.63, 3.8) is 0 Å². The maximum Gasteiger partial charge on any atom is 0.256 e. The zero-order valence-corrected chi connectivity index (χ0v) is 27.5. The number of aryl methyl sites for hydroxylation is 2. The number of rotatable bonds is 12. The minimum Gasteiger partial charge on any atom is -0.507 e. The van der Waals surface area contributed by atoms with E-state index >= 15 is 0 Å². The van der Waals surface area contributed by atoms with Crippen LogP contribution in [0.5, 0.6) is 11.5 Å². The van der Waals surface area contributed by atoms with Gasteiger partial charge in [0.05, 0.1) is 13.2 Å². The average molecular weight is 666 g/mol. The lowest BCUT2D eigenvalue weighted by atomic mass is 9.89. The molecule has 0 bridgehead atoms. The third-order valence-corrected chi connectivity index (χ3v) is 9.06.